The van der Waals surface area contributed by atoms with Gasteiger partial charge in [0.1, 0.15) is 12.4 Å². The van der Waals surface area contributed by atoms with Crippen molar-refractivity contribution in [1.29, 1.82) is 0 Å². The second-order valence-corrected chi connectivity index (χ2v) is 6.15. The van der Waals surface area contributed by atoms with E-state index in [1.54, 1.807) is 0 Å². The van der Waals surface area contributed by atoms with Crippen molar-refractivity contribution in [3.05, 3.63) is 24.0 Å². The molecule has 6 nitrogen and oxygen atoms in total. The number of carbonyl (C=O) groups excluding carboxylic acids is 1. The third kappa shape index (κ3) is 4.26. The third-order valence-electron chi connectivity index (χ3n) is 4.40. The van der Waals surface area contributed by atoms with Crippen LogP contribution in [0.5, 0.6) is 0 Å². The summed E-state index contributed by atoms with van der Waals surface area (Å²) in [6.45, 7) is 3.18. The van der Waals surface area contributed by atoms with Crippen molar-refractivity contribution in [2.75, 3.05) is 25.1 Å². The van der Waals surface area contributed by atoms with E-state index in [4.69, 9.17) is 14.5 Å². The van der Waals surface area contributed by atoms with Gasteiger partial charge in [-0.05, 0) is 38.0 Å². The van der Waals surface area contributed by atoms with Gasteiger partial charge >= 0.3 is 6.09 Å². The van der Waals surface area contributed by atoms with Crippen molar-refractivity contribution in [2.24, 2.45) is 0 Å². The molecular formula is C18H25N3O3. The van der Waals surface area contributed by atoms with E-state index in [0.717, 1.165) is 16.9 Å². The largest absolute Gasteiger partial charge is 0.447 e. The number of anilines is 1. The zero-order chi connectivity index (χ0) is 16.8. The molecule has 130 valence electrons. The number of aromatic nitrogens is 2. The van der Waals surface area contributed by atoms with Gasteiger partial charge in [0, 0.05) is 18.2 Å². The normalized spacial score (nSPS) is 15.5. The van der Waals surface area contributed by atoms with Crippen LogP contribution in [-0.2, 0) is 9.47 Å². The van der Waals surface area contributed by atoms with Gasteiger partial charge in [0.2, 0.25) is 0 Å². The van der Waals surface area contributed by atoms with Crippen LogP contribution < -0.4 is 5.32 Å². The van der Waals surface area contributed by atoms with Crippen LogP contribution in [0.25, 0.3) is 11.0 Å². The maximum Gasteiger partial charge on any atom is 0.411 e. The van der Waals surface area contributed by atoms with Crippen LogP contribution in [0.3, 0.4) is 0 Å². The van der Waals surface area contributed by atoms with Gasteiger partial charge in [-0.3, -0.25) is 5.32 Å². The third-order valence-corrected chi connectivity index (χ3v) is 4.40. The summed E-state index contributed by atoms with van der Waals surface area (Å²) >= 11 is 0. The van der Waals surface area contributed by atoms with E-state index in [1.807, 2.05) is 25.1 Å². The summed E-state index contributed by atoms with van der Waals surface area (Å²) in [5, 5.41) is 2.74. The van der Waals surface area contributed by atoms with Gasteiger partial charge in [0.25, 0.3) is 0 Å². The molecule has 2 aromatic rings. The van der Waals surface area contributed by atoms with Crippen molar-refractivity contribution < 1.29 is 14.3 Å². The predicted molar refractivity (Wildman–Crippen MR) is 93.4 cm³/mol. The van der Waals surface area contributed by atoms with Gasteiger partial charge in [-0.25, -0.2) is 9.78 Å². The minimum Gasteiger partial charge on any atom is -0.447 e. The van der Waals surface area contributed by atoms with Crippen LogP contribution in [-0.4, -0.2) is 35.9 Å². The summed E-state index contributed by atoms with van der Waals surface area (Å²) < 4.78 is 10.2. The lowest BCUT2D eigenvalue weighted by Crippen LogP contribution is -2.16. The highest BCUT2D eigenvalue weighted by Crippen LogP contribution is 2.32. The fourth-order valence-electron chi connectivity index (χ4n) is 3.17. The topological polar surface area (TPSA) is 76.2 Å². The summed E-state index contributed by atoms with van der Waals surface area (Å²) in [6.07, 6.45) is 5.83. The molecule has 6 heteroatoms. The number of nitrogens with zero attached hydrogens (tertiary/aromatic N) is 1. The number of amides is 1. The zero-order valence-corrected chi connectivity index (χ0v) is 14.1. The Morgan fingerprint density at radius 2 is 2.12 bits per heavy atom. The summed E-state index contributed by atoms with van der Waals surface area (Å²) in [6, 6.07) is 5.67. The van der Waals surface area contributed by atoms with E-state index in [-0.39, 0.29) is 6.61 Å². The summed E-state index contributed by atoms with van der Waals surface area (Å²) in [4.78, 5) is 19.9. The minimum atomic E-state index is -0.471. The van der Waals surface area contributed by atoms with Crippen LogP contribution in [0.1, 0.15) is 50.8 Å². The number of hydrogen-bond acceptors (Lipinski definition) is 4. The van der Waals surface area contributed by atoms with Crippen LogP contribution in [0.15, 0.2) is 18.2 Å². The van der Waals surface area contributed by atoms with Crippen molar-refractivity contribution in [1.82, 2.24) is 9.97 Å². The number of fused-ring (bicyclic) bond motifs is 1. The average Bonchev–Trinajstić information content (AvgIpc) is 3.03. The molecule has 0 spiro atoms. The van der Waals surface area contributed by atoms with Crippen molar-refractivity contribution in [3.8, 4) is 0 Å². The molecule has 24 heavy (non-hydrogen) atoms. The lowest BCUT2D eigenvalue weighted by molar-refractivity contribution is 0.0850. The van der Waals surface area contributed by atoms with E-state index >= 15 is 0 Å². The fourth-order valence-corrected chi connectivity index (χ4v) is 3.17. The molecule has 1 aliphatic carbocycles. The first-order chi connectivity index (χ1) is 11.8. The number of nitrogens with one attached hydrogen (secondary N) is 2. The van der Waals surface area contributed by atoms with Gasteiger partial charge in [0.05, 0.1) is 17.6 Å². The van der Waals surface area contributed by atoms with Gasteiger partial charge in [0.15, 0.2) is 0 Å². The van der Waals surface area contributed by atoms with E-state index in [0.29, 0.717) is 24.8 Å². The van der Waals surface area contributed by atoms with E-state index in [2.05, 4.69) is 10.3 Å². The number of rotatable bonds is 6. The summed E-state index contributed by atoms with van der Waals surface area (Å²) in [5.74, 6) is 1.60. The highest BCUT2D eigenvalue weighted by Gasteiger charge is 2.19. The standard InChI is InChI=1S/C18H25N3O3/c1-2-23-10-11-24-18(22)19-14-8-9-15-16(12-14)21-17(20-15)13-6-4-3-5-7-13/h8-9,12-13H,2-7,10-11H2,1H3,(H,19,22)(H,20,21). The van der Waals surface area contributed by atoms with Crippen LogP contribution in [0.4, 0.5) is 10.5 Å². The van der Waals surface area contributed by atoms with Crippen LogP contribution in [0.2, 0.25) is 0 Å². The number of benzene rings is 1. The number of ether oxygens (including phenoxy) is 2. The second kappa shape index (κ2) is 8.15. The Labute approximate surface area is 141 Å². The Bertz CT molecular complexity index is 677. The van der Waals surface area contributed by atoms with E-state index in [1.165, 1.54) is 32.1 Å². The van der Waals surface area contributed by atoms with Crippen molar-refractivity contribution in [2.45, 2.75) is 44.9 Å². The molecule has 0 atom stereocenters. The molecule has 0 saturated heterocycles. The maximum absolute atomic E-state index is 11.7. The molecule has 0 radical (unpaired) electrons. The summed E-state index contributed by atoms with van der Waals surface area (Å²) in [5.41, 5.74) is 2.58. The Kier molecular flexibility index (Phi) is 5.69. The zero-order valence-electron chi connectivity index (χ0n) is 14.1. The Hall–Kier alpha value is -2.08. The highest BCUT2D eigenvalue weighted by molar-refractivity contribution is 5.88. The molecule has 0 aliphatic heterocycles. The first-order valence-electron chi connectivity index (χ1n) is 8.77. The quantitative estimate of drug-likeness (QED) is 0.778. The number of imidazole rings is 1. The van der Waals surface area contributed by atoms with E-state index in [9.17, 15) is 4.79 Å². The first-order valence-corrected chi connectivity index (χ1v) is 8.77. The molecule has 1 aromatic carbocycles. The Balaban J connectivity index is 1.61. The molecule has 1 amide bonds. The van der Waals surface area contributed by atoms with Gasteiger partial charge < -0.3 is 14.5 Å². The minimum absolute atomic E-state index is 0.248. The molecule has 0 unspecified atom stereocenters. The fraction of sp³-hybridized carbons (Fsp3) is 0.556. The molecule has 1 heterocycles. The predicted octanol–water partition coefficient (Wildman–Crippen LogP) is 4.20. The highest BCUT2D eigenvalue weighted by atomic mass is 16.6. The number of carbonyl (C=O) groups is 1. The molecule has 1 saturated carbocycles. The van der Waals surface area contributed by atoms with Crippen molar-refractivity contribution in [3.63, 3.8) is 0 Å². The molecular weight excluding hydrogens is 306 g/mol. The number of aromatic amines is 1. The van der Waals surface area contributed by atoms with Gasteiger partial charge in [-0.15, -0.1) is 0 Å². The lowest BCUT2D eigenvalue weighted by atomic mass is 9.89. The Morgan fingerprint density at radius 1 is 1.29 bits per heavy atom. The molecule has 3 rings (SSSR count). The number of H-pyrrole nitrogens is 1. The smallest absolute Gasteiger partial charge is 0.411 e. The first kappa shape index (κ1) is 16.8. The van der Waals surface area contributed by atoms with Gasteiger partial charge in [-0.2, -0.15) is 0 Å². The van der Waals surface area contributed by atoms with Crippen molar-refractivity contribution >= 4 is 22.8 Å². The molecule has 1 aromatic heterocycles. The molecule has 0 bridgehead atoms. The molecule has 1 aliphatic rings. The maximum atomic E-state index is 11.7. The Morgan fingerprint density at radius 3 is 2.92 bits per heavy atom. The molecule has 2 N–H and O–H groups in total. The monoisotopic (exact) mass is 331 g/mol. The average molecular weight is 331 g/mol. The summed E-state index contributed by atoms with van der Waals surface area (Å²) in [7, 11) is 0. The second-order valence-electron chi connectivity index (χ2n) is 6.15. The lowest BCUT2D eigenvalue weighted by Gasteiger charge is -2.18. The SMILES string of the molecule is CCOCCOC(=O)Nc1ccc2nc(C3CCCCC3)[nH]c2c1. The van der Waals surface area contributed by atoms with E-state index < -0.39 is 6.09 Å². The van der Waals surface area contributed by atoms with Crippen LogP contribution >= 0.6 is 0 Å². The number of hydrogen-bond donors (Lipinski definition) is 2. The molecule has 1 fully saturated rings. The van der Waals surface area contributed by atoms with Gasteiger partial charge in [-0.1, -0.05) is 19.3 Å². The van der Waals surface area contributed by atoms with Crippen LogP contribution in [0, 0.1) is 0 Å².